The number of nitrogens with one attached hydrogen (secondary N) is 1. The molecule has 2 aromatic rings. The molecule has 0 saturated heterocycles. The van der Waals surface area contributed by atoms with Gasteiger partial charge in [-0.15, -0.1) is 0 Å². The molecule has 2 heterocycles. The largest absolute Gasteiger partial charge is 0.368 e. The number of anilines is 1. The first kappa shape index (κ1) is 13.1. The van der Waals surface area contributed by atoms with Crippen molar-refractivity contribution in [3.8, 4) is 0 Å². The number of hydrogen-bond donors (Lipinski definition) is 1. The fraction of sp³-hybridized carbons (Fsp3) is 0.583. The van der Waals surface area contributed by atoms with Crippen LogP contribution in [0.3, 0.4) is 0 Å². The Morgan fingerprint density at radius 3 is 2.83 bits per heavy atom. The molecule has 0 amide bonds. The first-order valence-corrected chi connectivity index (χ1v) is 6.76. The van der Waals surface area contributed by atoms with Crippen LogP contribution in [0, 0.1) is 0 Å². The molecule has 0 radical (unpaired) electrons. The van der Waals surface area contributed by atoms with Crippen molar-refractivity contribution in [2.75, 3.05) is 11.9 Å². The molecule has 0 atom stereocenters. The summed E-state index contributed by atoms with van der Waals surface area (Å²) < 4.78 is 2.01. The normalized spacial score (nSPS) is 11.1. The Morgan fingerprint density at radius 1 is 1.28 bits per heavy atom. The number of hydrogen-bond acceptors (Lipinski definition) is 4. The third-order valence-electron chi connectivity index (χ3n) is 2.72. The lowest BCUT2D eigenvalue weighted by Crippen LogP contribution is -2.05. The molecule has 0 unspecified atom stereocenters. The van der Waals surface area contributed by atoms with Crippen LogP contribution in [0.5, 0.6) is 0 Å². The molecular weight excluding hydrogens is 250 g/mol. The van der Waals surface area contributed by atoms with E-state index in [9.17, 15) is 0 Å². The molecule has 0 fully saturated rings. The zero-order valence-corrected chi connectivity index (χ0v) is 11.5. The van der Waals surface area contributed by atoms with Gasteiger partial charge in [-0.1, -0.05) is 20.3 Å². The van der Waals surface area contributed by atoms with Gasteiger partial charge in [0.25, 0.3) is 0 Å². The van der Waals surface area contributed by atoms with Crippen LogP contribution in [-0.2, 0) is 6.54 Å². The Bertz CT molecular complexity index is 522. The lowest BCUT2D eigenvalue weighted by Gasteiger charge is -2.06. The minimum Gasteiger partial charge on any atom is -0.368 e. The molecule has 18 heavy (non-hydrogen) atoms. The zero-order valence-electron chi connectivity index (χ0n) is 10.8. The van der Waals surface area contributed by atoms with Gasteiger partial charge in [-0.05, 0) is 24.4 Å². The summed E-state index contributed by atoms with van der Waals surface area (Å²) in [6.45, 7) is 6.03. The van der Waals surface area contributed by atoms with Crippen LogP contribution in [0.4, 0.5) is 5.82 Å². The molecule has 0 aliphatic heterocycles. The van der Waals surface area contributed by atoms with Gasteiger partial charge < -0.3 is 9.88 Å². The van der Waals surface area contributed by atoms with E-state index in [2.05, 4.69) is 34.1 Å². The van der Waals surface area contributed by atoms with Crippen LogP contribution in [0.1, 0.15) is 33.1 Å². The Labute approximate surface area is 112 Å². The molecule has 6 heteroatoms. The van der Waals surface area contributed by atoms with Crippen molar-refractivity contribution in [1.82, 2.24) is 19.5 Å². The fourth-order valence-corrected chi connectivity index (χ4v) is 1.99. The molecule has 2 rings (SSSR count). The topological polar surface area (TPSA) is 55.6 Å². The molecule has 2 aromatic heterocycles. The predicted octanol–water partition coefficient (Wildman–Crippen LogP) is 3.10. The van der Waals surface area contributed by atoms with Gasteiger partial charge >= 0.3 is 0 Å². The lowest BCUT2D eigenvalue weighted by atomic mass is 10.3. The van der Waals surface area contributed by atoms with Crippen molar-refractivity contribution < 1.29 is 0 Å². The Morgan fingerprint density at radius 2 is 2.11 bits per heavy atom. The maximum Gasteiger partial charge on any atom is 0.226 e. The third-order valence-corrected chi connectivity index (χ3v) is 2.89. The fourth-order valence-electron chi connectivity index (χ4n) is 1.83. The van der Waals surface area contributed by atoms with Crippen LogP contribution in [-0.4, -0.2) is 26.1 Å². The van der Waals surface area contributed by atoms with Gasteiger partial charge in [0, 0.05) is 13.1 Å². The van der Waals surface area contributed by atoms with Gasteiger partial charge in [0.05, 0.1) is 6.33 Å². The predicted molar refractivity (Wildman–Crippen MR) is 74.0 cm³/mol. The second kappa shape index (κ2) is 6.00. The molecule has 0 saturated carbocycles. The van der Waals surface area contributed by atoms with Gasteiger partial charge in [-0.3, -0.25) is 0 Å². The zero-order chi connectivity index (χ0) is 13.0. The Balaban J connectivity index is 2.34. The first-order valence-electron chi connectivity index (χ1n) is 6.38. The van der Waals surface area contributed by atoms with Gasteiger partial charge in [0.15, 0.2) is 17.0 Å². The summed E-state index contributed by atoms with van der Waals surface area (Å²) in [4.78, 5) is 12.8. The summed E-state index contributed by atoms with van der Waals surface area (Å²) in [5.74, 6) is 0.730. The SMILES string of the molecule is CCCCNc1nc(Cl)nc2c1ncn2CCC. The average molecular weight is 268 g/mol. The van der Waals surface area contributed by atoms with Crippen LogP contribution in [0.25, 0.3) is 11.2 Å². The molecule has 0 aromatic carbocycles. The van der Waals surface area contributed by atoms with E-state index < -0.39 is 0 Å². The molecule has 0 aliphatic rings. The molecule has 0 aliphatic carbocycles. The standard InChI is InChI=1S/C12H18ClN5/c1-3-5-6-14-10-9-11(17-12(13)16-10)18(7-4-2)8-15-9/h8H,3-7H2,1-2H3,(H,14,16,17). The minimum atomic E-state index is 0.263. The minimum absolute atomic E-state index is 0.263. The second-order valence-corrected chi connectivity index (χ2v) is 4.57. The van der Waals surface area contributed by atoms with Crippen molar-refractivity contribution >= 4 is 28.6 Å². The maximum absolute atomic E-state index is 5.96. The number of aryl methyl sites for hydroxylation is 1. The van der Waals surface area contributed by atoms with Crippen LogP contribution in [0.15, 0.2) is 6.33 Å². The third kappa shape index (κ3) is 2.72. The highest BCUT2D eigenvalue weighted by molar-refractivity contribution is 6.28. The van der Waals surface area contributed by atoms with E-state index in [1.165, 1.54) is 0 Å². The van der Waals surface area contributed by atoms with Crippen LogP contribution in [0.2, 0.25) is 5.28 Å². The Kier molecular flexibility index (Phi) is 4.36. The van der Waals surface area contributed by atoms with E-state index >= 15 is 0 Å². The quantitative estimate of drug-likeness (QED) is 0.645. The second-order valence-electron chi connectivity index (χ2n) is 4.23. The number of fused-ring (bicyclic) bond motifs is 1. The molecule has 0 bridgehead atoms. The number of halogens is 1. The molecule has 0 spiro atoms. The summed E-state index contributed by atoms with van der Waals surface area (Å²) >= 11 is 5.96. The van der Waals surface area contributed by atoms with Crippen molar-refractivity contribution in [2.45, 2.75) is 39.7 Å². The van der Waals surface area contributed by atoms with Crippen LogP contribution < -0.4 is 5.32 Å². The maximum atomic E-state index is 5.96. The molecule has 5 nitrogen and oxygen atoms in total. The monoisotopic (exact) mass is 267 g/mol. The smallest absolute Gasteiger partial charge is 0.226 e. The van der Waals surface area contributed by atoms with E-state index in [0.29, 0.717) is 0 Å². The molecule has 98 valence electrons. The van der Waals surface area contributed by atoms with Crippen molar-refractivity contribution in [3.63, 3.8) is 0 Å². The molecule has 1 N–H and O–H groups in total. The van der Waals surface area contributed by atoms with E-state index in [4.69, 9.17) is 11.6 Å². The van der Waals surface area contributed by atoms with Crippen molar-refractivity contribution in [3.05, 3.63) is 11.6 Å². The van der Waals surface area contributed by atoms with Gasteiger partial charge in [0.1, 0.15) is 0 Å². The van der Waals surface area contributed by atoms with E-state index in [1.54, 1.807) is 6.33 Å². The summed E-state index contributed by atoms with van der Waals surface area (Å²) in [5, 5.41) is 3.54. The highest BCUT2D eigenvalue weighted by Crippen LogP contribution is 2.21. The average Bonchev–Trinajstić information content (AvgIpc) is 2.73. The van der Waals surface area contributed by atoms with Crippen molar-refractivity contribution in [2.24, 2.45) is 0 Å². The molecular formula is C12H18ClN5. The Hall–Kier alpha value is -1.36. The highest BCUT2D eigenvalue weighted by Gasteiger charge is 2.11. The summed E-state index contributed by atoms with van der Waals surface area (Å²) in [6.07, 6.45) is 5.06. The van der Waals surface area contributed by atoms with E-state index in [-0.39, 0.29) is 5.28 Å². The van der Waals surface area contributed by atoms with E-state index in [0.717, 1.165) is 49.3 Å². The number of nitrogens with zero attached hydrogens (tertiary/aromatic N) is 4. The highest BCUT2D eigenvalue weighted by atomic mass is 35.5. The summed E-state index contributed by atoms with van der Waals surface area (Å²) in [6, 6.07) is 0. The van der Waals surface area contributed by atoms with Gasteiger partial charge in [0.2, 0.25) is 5.28 Å². The number of unbranched alkanes of at least 4 members (excludes halogenated alkanes) is 1. The van der Waals surface area contributed by atoms with Gasteiger partial charge in [-0.25, -0.2) is 4.98 Å². The van der Waals surface area contributed by atoms with Crippen LogP contribution >= 0.6 is 11.6 Å². The number of imidazole rings is 1. The van der Waals surface area contributed by atoms with Crippen molar-refractivity contribution in [1.29, 1.82) is 0 Å². The van der Waals surface area contributed by atoms with E-state index in [1.807, 2.05) is 4.57 Å². The number of aromatic nitrogens is 4. The lowest BCUT2D eigenvalue weighted by molar-refractivity contribution is 0.691. The number of rotatable bonds is 6. The summed E-state index contributed by atoms with van der Waals surface area (Å²) in [5.41, 5.74) is 1.60. The summed E-state index contributed by atoms with van der Waals surface area (Å²) in [7, 11) is 0. The first-order chi connectivity index (χ1) is 8.76. The van der Waals surface area contributed by atoms with Gasteiger partial charge in [-0.2, -0.15) is 9.97 Å².